The maximum absolute atomic E-state index is 5.19. The molecule has 0 aromatic carbocycles. The first-order chi connectivity index (χ1) is 7.19. The fourth-order valence-electron chi connectivity index (χ4n) is 1.60. The quantitative estimate of drug-likeness (QED) is 0.760. The number of aryl methyl sites for hydroxylation is 1. The normalized spacial score (nSPS) is 13.0. The van der Waals surface area contributed by atoms with Gasteiger partial charge in [-0.3, -0.25) is 5.10 Å². The van der Waals surface area contributed by atoms with Gasteiger partial charge in [-0.1, -0.05) is 13.8 Å². The van der Waals surface area contributed by atoms with Crippen LogP contribution in [0.1, 0.15) is 26.1 Å². The number of hydrogen-bond acceptors (Lipinski definition) is 3. The van der Waals surface area contributed by atoms with E-state index < -0.39 is 0 Å². The Hall–Kier alpha value is -0.680. The van der Waals surface area contributed by atoms with E-state index in [2.05, 4.69) is 28.6 Å². The minimum Gasteiger partial charge on any atom is -0.384 e. The summed E-state index contributed by atoms with van der Waals surface area (Å²) >= 11 is 5.19. The molecular weight excluding hydrogens is 210 g/mol. The van der Waals surface area contributed by atoms with Crippen molar-refractivity contribution in [2.45, 2.75) is 33.2 Å². The van der Waals surface area contributed by atoms with Crippen molar-refractivity contribution in [1.82, 2.24) is 14.8 Å². The maximum atomic E-state index is 5.19. The predicted molar refractivity (Wildman–Crippen MR) is 62.4 cm³/mol. The van der Waals surface area contributed by atoms with E-state index in [1.54, 1.807) is 7.11 Å². The molecule has 0 radical (unpaired) electrons. The minimum atomic E-state index is 0.454. The second-order valence-corrected chi connectivity index (χ2v) is 4.25. The molecule has 1 aromatic heterocycles. The lowest BCUT2D eigenvalue weighted by Crippen LogP contribution is -2.15. The van der Waals surface area contributed by atoms with E-state index in [-0.39, 0.29) is 0 Å². The van der Waals surface area contributed by atoms with Crippen molar-refractivity contribution in [3.8, 4) is 0 Å². The summed E-state index contributed by atoms with van der Waals surface area (Å²) in [5.74, 6) is 1.50. The summed E-state index contributed by atoms with van der Waals surface area (Å²) in [7, 11) is 1.72. The van der Waals surface area contributed by atoms with E-state index >= 15 is 0 Å². The molecule has 1 heterocycles. The summed E-state index contributed by atoms with van der Waals surface area (Å²) in [5.41, 5.74) is 0. The summed E-state index contributed by atoms with van der Waals surface area (Å²) in [6, 6.07) is 0. The lowest BCUT2D eigenvalue weighted by atomic mass is 10.2. The Kier molecular flexibility index (Phi) is 4.98. The maximum Gasteiger partial charge on any atom is 0.195 e. The van der Waals surface area contributed by atoms with Gasteiger partial charge in [-0.05, 0) is 24.6 Å². The highest BCUT2D eigenvalue weighted by molar-refractivity contribution is 7.71. The first-order valence-corrected chi connectivity index (χ1v) is 5.72. The van der Waals surface area contributed by atoms with Gasteiger partial charge < -0.3 is 9.30 Å². The summed E-state index contributed by atoms with van der Waals surface area (Å²) in [6.07, 6.45) is 2.05. The van der Waals surface area contributed by atoms with Crippen molar-refractivity contribution in [2.24, 2.45) is 5.92 Å². The van der Waals surface area contributed by atoms with Crippen molar-refractivity contribution >= 4 is 12.2 Å². The van der Waals surface area contributed by atoms with E-state index in [1.807, 2.05) is 0 Å². The largest absolute Gasteiger partial charge is 0.384 e. The summed E-state index contributed by atoms with van der Waals surface area (Å²) in [5, 5.41) is 7.07. The molecule has 15 heavy (non-hydrogen) atoms. The predicted octanol–water partition coefficient (Wildman–Crippen LogP) is 2.18. The molecule has 1 N–H and O–H groups in total. The molecule has 1 atom stereocenters. The van der Waals surface area contributed by atoms with Gasteiger partial charge in [0.15, 0.2) is 4.77 Å². The molecule has 0 spiro atoms. The first kappa shape index (κ1) is 12.4. The third-order valence-corrected chi connectivity index (χ3v) is 2.57. The highest BCUT2D eigenvalue weighted by Crippen LogP contribution is 2.06. The lowest BCUT2D eigenvalue weighted by molar-refractivity contribution is 0.150. The van der Waals surface area contributed by atoms with Gasteiger partial charge in [-0.25, -0.2) is 0 Å². The molecule has 1 rings (SSSR count). The zero-order valence-electron chi connectivity index (χ0n) is 9.62. The number of nitrogens with one attached hydrogen (secondary N) is 1. The van der Waals surface area contributed by atoms with Crippen LogP contribution in [0.5, 0.6) is 0 Å². The van der Waals surface area contributed by atoms with E-state index in [9.17, 15) is 0 Å². The Balaban J connectivity index is 2.73. The van der Waals surface area contributed by atoms with Crippen LogP contribution in [0, 0.1) is 10.7 Å². The number of methoxy groups -OCH3 is 1. The lowest BCUT2D eigenvalue weighted by Gasteiger charge is -2.12. The van der Waals surface area contributed by atoms with E-state index in [0.29, 0.717) is 10.7 Å². The zero-order valence-corrected chi connectivity index (χ0v) is 10.4. The molecule has 1 unspecified atom stereocenters. The molecule has 1 aromatic rings. The van der Waals surface area contributed by atoms with Crippen molar-refractivity contribution in [2.75, 3.05) is 13.7 Å². The summed E-state index contributed by atoms with van der Waals surface area (Å²) in [4.78, 5) is 0. The van der Waals surface area contributed by atoms with Crippen molar-refractivity contribution in [3.63, 3.8) is 0 Å². The van der Waals surface area contributed by atoms with Gasteiger partial charge in [0.25, 0.3) is 0 Å². The molecule has 0 aliphatic rings. The number of aromatic nitrogens is 3. The Labute approximate surface area is 95.7 Å². The average molecular weight is 229 g/mol. The van der Waals surface area contributed by atoms with Gasteiger partial charge in [-0.2, -0.15) is 5.10 Å². The fraction of sp³-hybridized carbons (Fsp3) is 0.800. The second kappa shape index (κ2) is 6.02. The van der Waals surface area contributed by atoms with Gasteiger partial charge in [0, 0.05) is 20.1 Å². The minimum absolute atomic E-state index is 0.454. The molecule has 0 fully saturated rings. The Bertz CT molecular complexity index is 345. The number of H-pyrrole nitrogens is 1. The van der Waals surface area contributed by atoms with Crippen LogP contribution < -0.4 is 0 Å². The standard InChI is InChI=1S/C10H19N3OS/c1-4-5-9-11-12-10(15)13(9)6-8(2)7-14-3/h8H,4-7H2,1-3H3,(H,12,15). The number of aromatic amines is 1. The van der Waals surface area contributed by atoms with Crippen LogP contribution in [-0.2, 0) is 17.7 Å². The molecule has 0 bridgehead atoms. The average Bonchev–Trinajstić information content (AvgIpc) is 2.51. The smallest absolute Gasteiger partial charge is 0.195 e. The third-order valence-electron chi connectivity index (χ3n) is 2.26. The molecule has 0 amide bonds. The van der Waals surface area contributed by atoms with Crippen LogP contribution in [0.15, 0.2) is 0 Å². The number of rotatable bonds is 6. The van der Waals surface area contributed by atoms with Crippen LogP contribution in [0.3, 0.4) is 0 Å². The van der Waals surface area contributed by atoms with Gasteiger partial charge in [0.2, 0.25) is 0 Å². The highest BCUT2D eigenvalue weighted by atomic mass is 32.1. The zero-order chi connectivity index (χ0) is 11.3. The van der Waals surface area contributed by atoms with Crippen LogP contribution in [0.2, 0.25) is 0 Å². The molecule has 0 saturated heterocycles. The van der Waals surface area contributed by atoms with Gasteiger partial charge in [-0.15, -0.1) is 0 Å². The van der Waals surface area contributed by atoms with Crippen molar-refractivity contribution in [3.05, 3.63) is 10.6 Å². The van der Waals surface area contributed by atoms with Gasteiger partial charge >= 0.3 is 0 Å². The molecule has 0 aliphatic heterocycles. The molecule has 86 valence electrons. The van der Waals surface area contributed by atoms with Gasteiger partial charge in [0.05, 0.1) is 6.61 Å². The molecule has 4 nitrogen and oxygen atoms in total. The molecule has 0 aliphatic carbocycles. The van der Waals surface area contributed by atoms with Crippen LogP contribution >= 0.6 is 12.2 Å². The van der Waals surface area contributed by atoms with Crippen molar-refractivity contribution in [1.29, 1.82) is 0 Å². The second-order valence-electron chi connectivity index (χ2n) is 3.87. The van der Waals surface area contributed by atoms with Crippen molar-refractivity contribution < 1.29 is 4.74 Å². The van der Waals surface area contributed by atoms with Crippen LogP contribution in [0.4, 0.5) is 0 Å². The molecule has 5 heteroatoms. The highest BCUT2D eigenvalue weighted by Gasteiger charge is 2.09. The fourth-order valence-corrected chi connectivity index (χ4v) is 1.83. The van der Waals surface area contributed by atoms with Crippen LogP contribution in [-0.4, -0.2) is 28.5 Å². The summed E-state index contributed by atoms with van der Waals surface area (Å²) < 4.78 is 7.90. The monoisotopic (exact) mass is 229 g/mol. The van der Waals surface area contributed by atoms with E-state index in [0.717, 1.165) is 31.8 Å². The SMILES string of the molecule is CCCc1n[nH]c(=S)n1CC(C)COC. The third kappa shape index (κ3) is 3.43. The molecular formula is C10H19N3OS. The number of hydrogen-bond donors (Lipinski definition) is 1. The van der Waals surface area contributed by atoms with Crippen LogP contribution in [0.25, 0.3) is 0 Å². The number of nitrogens with zero attached hydrogens (tertiary/aromatic N) is 2. The Morgan fingerprint density at radius 3 is 2.93 bits per heavy atom. The van der Waals surface area contributed by atoms with E-state index in [1.165, 1.54) is 0 Å². The van der Waals surface area contributed by atoms with E-state index in [4.69, 9.17) is 17.0 Å². The van der Waals surface area contributed by atoms with Gasteiger partial charge in [0.1, 0.15) is 5.82 Å². The Morgan fingerprint density at radius 2 is 2.33 bits per heavy atom. The summed E-state index contributed by atoms with van der Waals surface area (Å²) in [6.45, 7) is 5.91. The topological polar surface area (TPSA) is 42.8 Å². The molecule has 0 saturated carbocycles. The number of ether oxygens (including phenoxy) is 1. The first-order valence-electron chi connectivity index (χ1n) is 5.32. The Morgan fingerprint density at radius 1 is 1.60 bits per heavy atom.